The zero-order valence-electron chi connectivity index (χ0n) is 18.9. The molecule has 3 aromatic rings. The lowest BCUT2D eigenvalue weighted by atomic mass is 9.93. The van der Waals surface area contributed by atoms with Gasteiger partial charge in [-0.1, -0.05) is 18.2 Å². The minimum atomic E-state index is -0.566. The number of hydrogen-bond donors (Lipinski definition) is 0. The van der Waals surface area contributed by atoms with Crippen molar-refractivity contribution in [3.63, 3.8) is 0 Å². The fourth-order valence-corrected chi connectivity index (χ4v) is 4.36. The van der Waals surface area contributed by atoms with Gasteiger partial charge in [0.05, 0.1) is 17.3 Å². The number of likely N-dealkylation sites (N-methyl/N-ethyl adjacent to an activating group) is 1. The van der Waals surface area contributed by atoms with E-state index in [2.05, 4.69) is 15.9 Å². The molecular formula is C26H21BrN4O3. The van der Waals surface area contributed by atoms with Crippen molar-refractivity contribution in [3.8, 4) is 28.8 Å². The average Bonchev–Trinajstić information content (AvgIpc) is 3.27. The van der Waals surface area contributed by atoms with Gasteiger partial charge in [0, 0.05) is 29.4 Å². The number of para-hydroxylation sites is 1. The molecule has 0 unspecified atom stereocenters. The lowest BCUT2D eigenvalue weighted by molar-refractivity contribution is -0.140. The monoisotopic (exact) mass is 516 g/mol. The number of ether oxygens (including phenoxy) is 1. The third-order valence-electron chi connectivity index (χ3n) is 5.63. The summed E-state index contributed by atoms with van der Waals surface area (Å²) >= 11 is 3.52. The average molecular weight is 517 g/mol. The Bertz CT molecular complexity index is 1400. The molecule has 8 heteroatoms. The molecule has 0 saturated carbocycles. The maximum Gasteiger partial charge on any atom is 0.271 e. The van der Waals surface area contributed by atoms with Crippen LogP contribution in [0.25, 0.3) is 23.0 Å². The minimum Gasteiger partial charge on any atom is -0.496 e. The summed E-state index contributed by atoms with van der Waals surface area (Å²) in [5, 5.41) is 14.3. The van der Waals surface area contributed by atoms with Gasteiger partial charge < -0.3 is 4.74 Å². The van der Waals surface area contributed by atoms with Crippen LogP contribution >= 0.6 is 15.9 Å². The Hall–Kier alpha value is -3.96. The second-order valence-electron chi connectivity index (χ2n) is 7.59. The van der Waals surface area contributed by atoms with Gasteiger partial charge in [-0.15, -0.1) is 0 Å². The van der Waals surface area contributed by atoms with Crippen LogP contribution in [0.2, 0.25) is 0 Å². The predicted octanol–water partition coefficient (Wildman–Crippen LogP) is 4.92. The van der Waals surface area contributed by atoms with Crippen molar-refractivity contribution in [1.82, 2.24) is 14.7 Å². The quantitative estimate of drug-likeness (QED) is 0.354. The van der Waals surface area contributed by atoms with Crippen molar-refractivity contribution >= 4 is 33.8 Å². The molecule has 34 heavy (non-hydrogen) atoms. The second-order valence-corrected chi connectivity index (χ2v) is 8.44. The first-order chi connectivity index (χ1) is 16.4. The Morgan fingerprint density at radius 3 is 2.50 bits per heavy atom. The summed E-state index contributed by atoms with van der Waals surface area (Å²) < 4.78 is 7.85. The lowest BCUT2D eigenvalue weighted by Gasteiger charge is -2.26. The third kappa shape index (κ3) is 4.06. The van der Waals surface area contributed by atoms with Gasteiger partial charge in [-0.2, -0.15) is 10.4 Å². The third-order valence-corrected chi connectivity index (χ3v) is 6.25. The van der Waals surface area contributed by atoms with Crippen LogP contribution in [0.15, 0.2) is 75.9 Å². The van der Waals surface area contributed by atoms with Crippen LogP contribution < -0.4 is 4.74 Å². The number of nitrogens with zero attached hydrogens (tertiary/aromatic N) is 4. The fourth-order valence-electron chi connectivity index (χ4n) is 3.82. The highest BCUT2D eigenvalue weighted by Gasteiger charge is 2.34. The number of carbonyl (C=O) groups is 2. The van der Waals surface area contributed by atoms with Crippen LogP contribution in [-0.4, -0.2) is 40.1 Å². The van der Waals surface area contributed by atoms with Crippen molar-refractivity contribution < 1.29 is 14.3 Å². The highest BCUT2D eigenvalue weighted by Crippen LogP contribution is 2.34. The second kappa shape index (κ2) is 9.49. The van der Waals surface area contributed by atoms with Gasteiger partial charge in [0.1, 0.15) is 23.1 Å². The molecule has 2 amide bonds. The predicted molar refractivity (Wildman–Crippen MR) is 132 cm³/mol. The zero-order valence-corrected chi connectivity index (χ0v) is 20.5. The molecule has 0 atom stereocenters. The normalized spacial score (nSPS) is 15.1. The molecule has 1 aromatic heterocycles. The van der Waals surface area contributed by atoms with Gasteiger partial charge in [0.2, 0.25) is 0 Å². The molecule has 4 rings (SSSR count). The molecule has 1 aliphatic heterocycles. The first-order valence-electron chi connectivity index (χ1n) is 10.6. The maximum atomic E-state index is 13.1. The van der Waals surface area contributed by atoms with Gasteiger partial charge in [-0.05, 0) is 71.8 Å². The number of nitriles is 1. The van der Waals surface area contributed by atoms with Crippen LogP contribution in [0.3, 0.4) is 0 Å². The molecule has 1 aliphatic rings. The van der Waals surface area contributed by atoms with E-state index in [-0.39, 0.29) is 12.1 Å². The molecule has 0 N–H and O–H groups in total. The number of amides is 2. The first kappa shape index (κ1) is 23.2. The van der Waals surface area contributed by atoms with Gasteiger partial charge in [-0.3, -0.25) is 14.5 Å². The maximum absolute atomic E-state index is 13.1. The Labute approximate surface area is 205 Å². The van der Waals surface area contributed by atoms with Crippen LogP contribution in [-0.2, 0) is 9.59 Å². The van der Waals surface area contributed by atoms with Crippen LogP contribution in [0.5, 0.6) is 5.75 Å². The van der Waals surface area contributed by atoms with Crippen molar-refractivity contribution in [2.24, 2.45) is 0 Å². The van der Waals surface area contributed by atoms with Crippen molar-refractivity contribution in [1.29, 1.82) is 5.26 Å². The molecule has 0 spiro atoms. The molecule has 7 nitrogen and oxygen atoms in total. The number of carbonyl (C=O) groups excluding carboxylic acids is 2. The molecule has 0 fully saturated rings. The molecule has 170 valence electrons. The lowest BCUT2D eigenvalue weighted by Crippen LogP contribution is -2.42. The van der Waals surface area contributed by atoms with Gasteiger partial charge in [0.25, 0.3) is 11.8 Å². The molecule has 2 aromatic carbocycles. The standard InChI is InChI=1S/C26H21BrN4O3/c1-4-30-25(32)20(16(2)21(14-28)26(30)33)12-18-15-31(19-8-6-5-7-9-19)29-24(18)17-10-11-23(34-3)22(27)13-17/h5-13,15H,4H2,1-3H3/b20-12+. The number of aromatic nitrogens is 2. The van der Waals surface area contributed by atoms with E-state index in [1.54, 1.807) is 31.7 Å². The highest BCUT2D eigenvalue weighted by molar-refractivity contribution is 9.10. The van der Waals surface area contributed by atoms with Crippen molar-refractivity contribution in [3.05, 3.63) is 81.5 Å². The number of hydrogen-bond acceptors (Lipinski definition) is 5. The zero-order chi connectivity index (χ0) is 24.4. The minimum absolute atomic E-state index is 0.0307. The van der Waals surface area contributed by atoms with E-state index in [1.165, 1.54) is 0 Å². The summed E-state index contributed by atoms with van der Waals surface area (Å²) in [4.78, 5) is 26.8. The molecule has 0 radical (unpaired) electrons. The van der Waals surface area contributed by atoms with Gasteiger partial charge >= 0.3 is 0 Å². The highest BCUT2D eigenvalue weighted by atomic mass is 79.9. The van der Waals surface area contributed by atoms with E-state index < -0.39 is 11.8 Å². The summed E-state index contributed by atoms with van der Waals surface area (Å²) in [6.07, 6.45) is 3.53. The van der Waals surface area contributed by atoms with E-state index >= 15 is 0 Å². The largest absolute Gasteiger partial charge is 0.496 e. The molecular weight excluding hydrogens is 496 g/mol. The van der Waals surface area contributed by atoms with E-state index in [4.69, 9.17) is 9.84 Å². The Morgan fingerprint density at radius 1 is 1.15 bits per heavy atom. The van der Waals surface area contributed by atoms with Crippen LogP contribution in [0.4, 0.5) is 0 Å². The number of methoxy groups -OCH3 is 1. The summed E-state index contributed by atoms with van der Waals surface area (Å²) in [6, 6.07) is 17.2. The molecule has 0 saturated heterocycles. The Balaban J connectivity index is 1.94. The SMILES string of the molecule is CCN1C(=O)C(C#N)=C(C)/C(=C\c2cn(-c3ccccc3)nc2-c2ccc(OC)c(Br)c2)C1=O. The Morgan fingerprint density at radius 2 is 1.88 bits per heavy atom. The number of rotatable bonds is 5. The molecule has 0 bridgehead atoms. The summed E-state index contributed by atoms with van der Waals surface area (Å²) in [5.74, 6) is -0.314. The molecule has 2 heterocycles. The van der Waals surface area contributed by atoms with Crippen LogP contribution in [0, 0.1) is 11.3 Å². The number of benzene rings is 2. The van der Waals surface area contributed by atoms with E-state index in [0.29, 0.717) is 28.2 Å². The number of halogens is 1. The first-order valence-corrected chi connectivity index (χ1v) is 11.4. The van der Waals surface area contributed by atoms with Crippen molar-refractivity contribution in [2.45, 2.75) is 13.8 Å². The number of imide groups is 1. The summed E-state index contributed by atoms with van der Waals surface area (Å²) in [6.45, 7) is 3.50. The van der Waals surface area contributed by atoms with E-state index in [9.17, 15) is 14.9 Å². The summed E-state index contributed by atoms with van der Waals surface area (Å²) in [5.41, 5.74) is 3.59. The topological polar surface area (TPSA) is 88.2 Å². The van der Waals surface area contributed by atoms with Gasteiger partial charge in [-0.25, -0.2) is 4.68 Å². The van der Waals surface area contributed by atoms with Gasteiger partial charge in [0.15, 0.2) is 0 Å². The molecule has 0 aliphatic carbocycles. The summed E-state index contributed by atoms with van der Waals surface area (Å²) in [7, 11) is 1.59. The van der Waals surface area contributed by atoms with Crippen molar-refractivity contribution in [2.75, 3.05) is 13.7 Å². The fraction of sp³-hybridized carbons (Fsp3) is 0.154. The Kier molecular flexibility index (Phi) is 6.48. The van der Waals surface area contributed by atoms with Crippen LogP contribution in [0.1, 0.15) is 19.4 Å². The van der Waals surface area contributed by atoms with E-state index in [0.717, 1.165) is 20.6 Å². The smallest absolute Gasteiger partial charge is 0.271 e. The van der Waals surface area contributed by atoms with E-state index in [1.807, 2.05) is 60.8 Å².